The Morgan fingerprint density at radius 3 is 2.71 bits per heavy atom. The summed E-state index contributed by atoms with van der Waals surface area (Å²) in [5.41, 5.74) is 2.16. The summed E-state index contributed by atoms with van der Waals surface area (Å²) in [4.78, 5) is 26.9. The van der Waals surface area contributed by atoms with Crippen LogP contribution in [0.4, 0.5) is 0 Å². The van der Waals surface area contributed by atoms with Crippen molar-refractivity contribution in [3.05, 3.63) is 76.1 Å². The number of carbonyl (C=O) groups excluding carboxylic acids is 1. The minimum atomic E-state index is -0.275. The van der Waals surface area contributed by atoms with Gasteiger partial charge in [-0.3, -0.25) is 9.59 Å². The van der Waals surface area contributed by atoms with Crippen LogP contribution < -0.4 is 15.6 Å². The maximum Gasteiger partial charge on any atom is 0.258 e. The Morgan fingerprint density at radius 1 is 1.12 bits per heavy atom. The first-order valence-electron chi connectivity index (χ1n) is 7.69. The summed E-state index contributed by atoms with van der Waals surface area (Å²) >= 11 is 0. The molecule has 5 nitrogen and oxygen atoms in total. The Balaban J connectivity index is 1.64. The molecule has 0 radical (unpaired) electrons. The van der Waals surface area contributed by atoms with E-state index in [-0.39, 0.29) is 24.6 Å². The molecule has 5 heteroatoms. The third-order valence-corrected chi connectivity index (χ3v) is 3.75. The number of aryl methyl sites for hydroxylation is 1. The number of fused-ring (bicyclic) bond motifs is 1. The zero-order valence-electron chi connectivity index (χ0n) is 13.3. The lowest BCUT2D eigenvalue weighted by Gasteiger charge is -2.08. The van der Waals surface area contributed by atoms with Crippen molar-refractivity contribution in [1.82, 2.24) is 10.3 Å². The highest BCUT2D eigenvalue weighted by atomic mass is 16.5. The van der Waals surface area contributed by atoms with Crippen molar-refractivity contribution in [3.63, 3.8) is 0 Å². The van der Waals surface area contributed by atoms with Gasteiger partial charge in [0.25, 0.3) is 11.5 Å². The van der Waals surface area contributed by atoms with Crippen LogP contribution >= 0.6 is 0 Å². The van der Waals surface area contributed by atoms with Crippen LogP contribution in [0.15, 0.2) is 59.4 Å². The minimum Gasteiger partial charge on any atom is -0.484 e. The maximum absolute atomic E-state index is 12.1. The standard InChI is InChI=1S/C19H18N2O3/c1-13-6-5-7-14-10-15(19(23)21-18(13)14)11-20-17(22)12-24-16-8-3-2-4-9-16/h2-10H,11-12H2,1H3,(H,20,22)(H,21,23). The molecule has 122 valence electrons. The molecule has 1 aromatic heterocycles. The summed E-state index contributed by atoms with van der Waals surface area (Å²) in [6, 6.07) is 16.7. The van der Waals surface area contributed by atoms with E-state index in [1.165, 1.54) is 0 Å². The van der Waals surface area contributed by atoms with Gasteiger partial charge in [0.1, 0.15) is 5.75 Å². The summed E-state index contributed by atoms with van der Waals surface area (Å²) in [5, 5.41) is 3.65. The van der Waals surface area contributed by atoms with Gasteiger partial charge >= 0.3 is 0 Å². The van der Waals surface area contributed by atoms with E-state index < -0.39 is 0 Å². The number of pyridine rings is 1. The molecule has 3 rings (SSSR count). The van der Waals surface area contributed by atoms with Crippen molar-refractivity contribution in [1.29, 1.82) is 0 Å². The summed E-state index contributed by atoms with van der Waals surface area (Å²) in [5.74, 6) is 0.356. The first kappa shape index (κ1) is 15.8. The average Bonchev–Trinajstić information content (AvgIpc) is 2.60. The van der Waals surface area contributed by atoms with Crippen molar-refractivity contribution in [2.75, 3.05) is 6.61 Å². The molecule has 2 N–H and O–H groups in total. The highest BCUT2D eigenvalue weighted by molar-refractivity contribution is 5.82. The number of rotatable bonds is 5. The third-order valence-electron chi connectivity index (χ3n) is 3.75. The molecule has 2 aromatic carbocycles. The Morgan fingerprint density at radius 2 is 1.92 bits per heavy atom. The zero-order chi connectivity index (χ0) is 16.9. The Labute approximate surface area is 139 Å². The van der Waals surface area contributed by atoms with Gasteiger partial charge in [0.15, 0.2) is 6.61 Å². The Bertz CT molecular complexity index is 917. The Kier molecular flexibility index (Phi) is 4.61. The SMILES string of the molecule is Cc1cccc2cc(CNC(=O)COc3ccccc3)c(=O)[nH]c12. The lowest BCUT2D eigenvalue weighted by Crippen LogP contribution is -2.30. The molecule has 0 aliphatic heterocycles. The van der Waals surface area contributed by atoms with E-state index >= 15 is 0 Å². The fraction of sp³-hybridized carbons (Fsp3) is 0.158. The van der Waals surface area contributed by atoms with Crippen LogP contribution in [0.1, 0.15) is 11.1 Å². The predicted molar refractivity (Wildman–Crippen MR) is 93.1 cm³/mol. The van der Waals surface area contributed by atoms with Crippen LogP contribution in [-0.4, -0.2) is 17.5 Å². The number of carbonyl (C=O) groups is 1. The van der Waals surface area contributed by atoms with Gasteiger partial charge in [0, 0.05) is 12.1 Å². The number of aromatic amines is 1. The second-order valence-corrected chi connectivity index (χ2v) is 5.54. The van der Waals surface area contributed by atoms with Crippen LogP contribution in [0.25, 0.3) is 10.9 Å². The highest BCUT2D eigenvalue weighted by Gasteiger charge is 2.07. The van der Waals surface area contributed by atoms with Gasteiger partial charge in [0.05, 0.1) is 5.52 Å². The van der Waals surface area contributed by atoms with Crippen molar-refractivity contribution in [2.24, 2.45) is 0 Å². The monoisotopic (exact) mass is 322 g/mol. The second-order valence-electron chi connectivity index (χ2n) is 5.54. The predicted octanol–water partition coefficient (Wildman–Crippen LogP) is 2.53. The maximum atomic E-state index is 12.1. The van der Waals surface area contributed by atoms with E-state index in [2.05, 4.69) is 10.3 Å². The molecule has 0 spiro atoms. The molecule has 0 aliphatic carbocycles. The van der Waals surface area contributed by atoms with E-state index in [0.717, 1.165) is 16.5 Å². The first-order valence-corrected chi connectivity index (χ1v) is 7.69. The van der Waals surface area contributed by atoms with Gasteiger partial charge in [-0.25, -0.2) is 0 Å². The molecule has 1 amide bonds. The second kappa shape index (κ2) is 7.00. The van der Waals surface area contributed by atoms with Gasteiger partial charge in [0.2, 0.25) is 0 Å². The van der Waals surface area contributed by atoms with Crippen molar-refractivity contribution in [3.8, 4) is 5.75 Å². The number of hydrogen-bond acceptors (Lipinski definition) is 3. The third kappa shape index (κ3) is 3.63. The highest BCUT2D eigenvalue weighted by Crippen LogP contribution is 2.14. The molecular formula is C19H18N2O3. The lowest BCUT2D eigenvalue weighted by atomic mass is 10.1. The van der Waals surface area contributed by atoms with Gasteiger partial charge in [-0.2, -0.15) is 0 Å². The van der Waals surface area contributed by atoms with Crippen molar-refractivity contribution >= 4 is 16.8 Å². The lowest BCUT2D eigenvalue weighted by molar-refractivity contribution is -0.123. The molecule has 0 bridgehead atoms. The molecule has 0 aliphatic rings. The molecular weight excluding hydrogens is 304 g/mol. The number of aromatic nitrogens is 1. The summed E-state index contributed by atoms with van der Waals surface area (Å²) in [6.45, 7) is 2.02. The Hall–Kier alpha value is -3.08. The van der Waals surface area contributed by atoms with Crippen LogP contribution in [0, 0.1) is 6.92 Å². The zero-order valence-corrected chi connectivity index (χ0v) is 13.3. The largest absolute Gasteiger partial charge is 0.484 e. The van der Waals surface area contributed by atoms with Crippen LogP contribution in [0.5, 0.6) is 5.75 Å². The minimum absolute atomic E-state index is 0.0887. The molecule has 0 saturated heterocycles. The summed E-state index contributed by atoms with van der Waals surface area (Å²) in [6.07, 6.45) is 0. The van der Waals surface area contributed by atoms with Gasteiger partial charge in [-0.05, 0) is 36.1 Å². The number of benzene rings is 2. The summed E-state index contributed by atoms with van der Waals surface area (Å²) in [7, 11) is 0. The fourth-order valence-electron chi connectivity index (χ4n) is 2.47. The van der Waals surface area contributed by atoms with E-state index in [1.807, 2.05) is 43.3 Å². The number of amides is 1. The van der Waals surface area contributed by atoms with E-state index in [4.69, 9.17) is 4.74 Å². The topological polar surface area (TPSA) is 71.2 Å². The van der Waals surface area contributed by atoms with Gasteiger partial charge < -0.3 is 15.0 Å². The van der Waals surface area contributed by atoms with Crippen molar-refractivity contribution in [2.45, 2.75) is 13.5 Å². The normalized spacial score (nSPS) is 10.5. The van der Waals surface area contributed by atoms with Crippen LogP contribution in [0.2, 0.25) is 0 Å². The number of H-pyrrole nitrogens is 1. The fourth-order valence-corrected chi connectivity index (χ4v) is 2.47. The molecule has 0 saturated carbocycles. The van der Waals surface area contributed by atoms with E-state index in [9.17, 15) is 9.59 Å². The number of nitrogens with one attached hydrogen (secondary N) is 2. The smallest absolute Gasteiger partial charge is 0.258 e. The van der Waals surface area contributed by atoms with E-state index in [1.54, 1.807) is 18.2 Å². The van der Waals surface area contributed by atoms with Crippen LogP contribution in [0.3, 0.4) is 0 Å². The summed E-state index contributed by atoms with van der Waals surface area (Å²) < 4.78 is 5.37. The van der Waals surface area contributed by atoms with Crippen molar-refractivity contribution < 1.29 is 9.53 Å². The van der Waals surface area contributed by atoms with Gasteiger partial charge in [-0.15, -0.1) is 0 Å². The van der Waals surface area contributed by atoms with Crippen LogP contribution in [-0.2, 0) is 11.3 Å². The average molecular weight is 322 g/mol. The van der Waals surface area contributed by atoms with Gasteiger partial charge in [-0.1, -0.05) is 36.4 Å². The molecule has 24 heavy (non-hydrogen) atoms. The number of hydrogen-bond donors (Lipinski definition) is 2. The quantitative estimate of drug-likeness (QED) is 0.758. The molecule has 0 fully saturated rings. The number of para-hydroxylation sites is 2. The molecule has 0 atom stereocenters. The molecule has 1 heterocycles. The first-order chi connectivity index (χ1) is 11.6. The number of ether oxygens (including phenoxy) is 1. The molecule has 0 unspecified atom stereocenters. The molecule has 3 aromatic rings. The van der Waals surface area contributed by atoms with E-state index in [0.29, 0.717) is 11.3 Å².